The average molecular weight is 433 g/mol. The number of hydrogen-bond donors (Lipinski definition) is 1. The van der Waals surface area contributed by atoms with Crippen molar-refractivity contribution in [1.82, 2.24) is 10.2 Å². The normalized spacial score (nSPS) is 14.2. The van der Waals surface area contributed by atoms with Crippen molar-refractivity contribution in [1.29, 1.82) is 0 Å². The van der Waals surface area contributed by atoms with Gasteiger partial charge in [-0.25, -0.2) is 0 Å². The Hall–Kier alpha value is -2.86. The first-order valence-electron chi connectivity index (χ1n) is 11.0. The van der Waals surface area contributed by atoms with Crippen molar-refractivity contribution in [2.75, 3.05) is 29.1 Å². The Morgan fingerprint density at radius 1 is 0.935 bits per heavy atom. The topological polar surface area (TPSA) is 58.1 Å². The Bertz CT molecular complexity index is 997. The fraction of sp³-hybridized carbons (Fsp3) is 0.320. The molecule has 1 fully saturated rings. The Kier molecular flexibility index (Phi) is 7.20. The second kappa shape index (κ2) is 10.4. The molecule has 0 bridgehead atoms. The lowest BCUT2D eigenvalue weighted by atomic mass is 10.1. The van der Waals surface area contributed by atoms with E-state index in [1.165, 1.54) is 25.7 Å². The number of carbonyl (C=O) groups is 1. The van der Waals surface area contributed by atoms with E-state index in [-0.39, 0.29) is 5.91 Å². The van der Waals surface area contributed by atoms with Crippen LogP contribution in [0.15, 0.2) is 65.6 Å². The minimum Gasteiger partial charge on any atom is -0.355 e. The van der Waals surface area contributed by atoms with Gasteiger partial charge in [-0.05, 0) is 55.0 Å². The Labute approximate surface area is 188 Å². The molecule has 0 spiro atoms. The number of benzene rings is 2. The van der Waals surface area contributed by atoms with Crippen molar-refractivity contribution in [3.8, 4) is 11.3 Å². The first kappa shape index (κ1) is 21.4. The largest absolute Gasteiger partial charge is 0.355 e. The van der Waals surface area contributed by atoms with Crippen LogP contribution in [0.2, 0.25) is 0 Å². The van der Waals surface area contributed by atoms with Crippen molar-refractivity contribution in [3.63, 3.8) is 0 Å². The number of aromatic nitrogens is 2. The molecule has 0 saturated carbocycles. The monoisotopic (exact) mass is 432 g/mol. The third kappa shape index (κ3) is 5.44. The second-order valence-corrected chi connectivity index (χ2v) is 8.94. The molecule has 0 aliphatic carbocycles. The van der Waals surface area contributed by atoms with Crippen LogP contribution < -0.4 is 10.2 Å². The zero-order chi connectivity index (χ0) is 21.5. The summed E-state index contributed by atoms with van der Waals surface area (Å²) < 4.78 is 0. The first-order valence-corrected chi connectivity index (χ1v) is 12.0. The van der Waals surface area contributed by atoms with Crippen LogP contribution in [0.3, 0.4) is 0 Å². The number of thioether (sulfide) groups is 1. The summed E-state index contributed by atoms with van der Waals surface area (Å²) in [5.41, 5.74) is 3.28. The number of nitrogens with zero attached hydrogens (tertiary/aromatic N) is 3. The molecule has 4 rings (SSSR count). The summed E-state index contributed by atoms with van der Waals surface area (Å²) in [6.45, 7) is 4.20. The van der Waals surface area contributed by atoms with E-state index in [1.807, 2.05) is 54.6 Å². The van der Waals surface area contributed by atoms with Gasteiger partial charge in [0.05, 0.1) is 11.3 Å². The van der Waals surface area contributed by atoms with E-state index in [0.29, 0.717) is 5.56 Å². The molecule has 1 amide bonds. The maximum absolute atomic E-state index is 12.7. The lowest BCUT2D eigenvalue weighted by molar-refractivity contribution is 0.102. The van der Waals surface area contributed by atoms with Crippen molar-refractivity contribution >= 4 is 29.2 Å². The highest BCUT2D eigenvalue weighted by Gasteiger charge is 2.13. The maximum Gasteiger partial charge on any atom is 0.256 e. The predicted molar refractivity (Wildman–Crippen MR) is 129 cm³/mol. The Morgan fingerprint density at radius 3 is 2.35 bits per heavy atom. The number of hydrogen-bond acceptors (Lipinski definition) is 5. The van der Waals surface area contributed by atoms with Gasteiger partial charge in [0, 0.05) is 29.2 Å². The van der Waals surface area contributed by atoms with Crippen LogP contribution in [-0.2, 0) is 0 Å². The molecule has 1 aliphatic heterocycles. The van der Waals surface area contributed by atoms with Crippen molar-refractivity contribution in [2.45, 2.75) is 37.5 Å². The van der Waals surface area contributed by atoms with E-state index >= 15 is 0 Å². The minimum atomic E-state index is -0.0918. The van der Waals surface area contributed by atoms with Crippen molar-refractivity contribution in [2.24, 2.45) is 0 Å². The SMILES string of the molecule is CCSc1ccccc1C(=O)Nc1ccc(-c2ccc(N3CCCCCC3)nn2)cc1. The summed E-state index contributed by atoms with van der Waals surface area (Å²) in [7, 11) is 0. The Balaban J connectivity index is 1.43. The number of anilines is 2. The standard InChI is InChI=1S/C25H28N4OS/c1-2-31-23-10-6-5-9-21(23)25(30)26-20-13-11-19(12-14-20)22-15-16-24(28-27-22)29-17-7-3-4-8-18-29/h5-6,9-16H,2-4,7-8,17-18H2,1H3,(H,26,30). The van der Waals surface area contributed by atoms with Crippen LogP contribution in [0.25, 0.3) is 11.3 Å². The molecular formula is C25H28N4OS. The van der Waals surface area contributed by atoms with Gasteiger partial charge < -0.3 is 10.2 Å². The molecule has 3 aromatic rings. The minimum absolute atomic E-state index is 0.0918. The predicted octanol–water partition coefficient (Wildman–Crippen LogP) is 5.89. The van der Waals surface area contributed by atoms with E-state index in [2.05, 4.69) is 33.4 Å². The van der Waals surface area contributed by atoms with E-state index < -0.39 is 0 Å². The molecule has 160 valence electrons. The number of carbonyl (C=O) groups excluding carboxylic acids is 1. The van der Waals surface area contributed by atoms with E-state index in [0.717, 1.165) is 46.5 Å². The highest BCUT2D eigenvalue weighted by molar-refractivity contribution is 7.99. The molecule has 0 atom stereocenters. The highest BCUT2D eigenvalue weighted by atomic mass is 32.2. The van der Waals surface area contributed by atoms with E-state index in [9.17, 15) is 4.79 Å². The number of amides is 1. The molecule has 0 unspecified atom stereocenters. The molecule has 6 heteroatoms. The van der Waals surface area contributed by atoms with Crippen molar-refractivity contribution in [3.05, 3.63) is 66.2 Å². The highest BCUT2D eigenvalue weighted by Crippen LogP contribution is 2.25. The van der Waals surface area contributed by atoms with E-state index in [1.54, 1.807) is 11.8 Å². The third-order valence-corrected chi connectivity index (χ3v) is 6.41. The molecule has 1 aliphatic rings. The zero-order valence-electron chi connectivity index (χ0n) is 17.9. The summed E-state index contributed by atoms with van der Waals surface area (Å²) in [5, 5.41) is 11.9. The molecule has 1 aromatic heterocycles. The van der Waals surface area contributed by atoms with Crippen LogP contribution in [0, 0.1) is 0 Å². The van der Waals surface area contributed by atoms with Gasteiger partial charge in [-0.2, -0.15) is 0 Å². The maximum atomic E-state index is 12.7. The molecule has 2 heterocycles. The lowest BCUT2D eigenvalue weighted by Gasteiger charge is -2.20. The first-order chi connectivity index (χ1) is 15.2. The van der Waals surface area contributed by atoms with Gasteiger partial charge in [-0.15, -0.1) is 22.0 Å². The zero-order valence-corrected chi connectivity index (χ0v) is 18.7. The van der Waals surface area contributed by atoms with Gasteiger partial charge >= 0.3 is 0 Å². The molecule has 0 radical (unpaired) electrons. The second-order valence-electron chi connectivity index (χ2n) is 7.64. The number of nitrogens with one attached hydrogen (secondary N) is 1. The average Bonchev–Trinajstić information content (AvgIpc) is 3.10. The van der Waals surface area contributed by atoms with Crippen LogP contribution in [0.1, 0.15) is 43.0 Å². The van der Waals surface area contributed by atoms with Crippen LogP contribution in [0.4, 0.5) is 11.5 Å². The Morgan fingerprint density at radius 2 is 1.68 bits per heavy atom. The summed E-state index contributed by atoms with van der Waals surface area (Å²) in [6.07, 6.45) is 5.04. The molecule has 5 nitrogen and oxygen atoms in total. The van der Waals surface area contributed by atoms with Gasteiger partial charge in [-0.3, -0.25) is 4.79 Å². The van der Waals surface area contributed by atoms with Gasteiger partial charge in [0.2, 0.25) is 0 Å². The van der Waals surface area contributed by atoms with Crippen LogP contribution in [-0.4, -0.2) is 34.9 Å². The van der Waals surface area contributed by atoms with Crippen LogP contribution in [0.5, 0.6) is 0 Å². The van der Waals surface area contributed by atoms with Gasteiger partial charge in [0.1, 0.15) is 0 Å². The quantitative estimate of drug-likeness (QED) is 0.492. The fourth-order valence-electron chi connectivity index (χ4n) is 3.81. The van der Waals surface area contributed by atoms with Crippen molar-refractivity contribution < 1.29 is 4.79 Å². The smallest absolute Gasteiger partial charge is 0.256 e. The van der Waals surface area contributed by atoms with Gasteiger partial charge in [0.25, 0.3) is 5.91 Å². The van der Waals surface area contributed by atoms with Gasteiger partial charge in [-0.1, -0.05) is 44.0 Å². The van der Waals surface area contributed by atoms with Gasteiger partial charge in [0.15, 0.2) is 5.82 Å². The molecular weight excluding hydrogens is 404 g/mol. The summed E-state index contributed by atoms with van der Waals surface area (Å²) in [4.78, 5) is 16.1. The molecule has 1 N–H and O–H groups in total. The van der Waals surface area contributed by atoms with Crippen LogP contribution >= 0.6 is 11.8 Å². The molecule has 2 aromatic carbocycles. The molecule has 31 heavy (non-hydrogen) atoms. The number of rotatable bonds is 6. The fourth-order valence-corrected chi connectivity index (χ4v) is 4.61. The summed E-state index contributed by atoms with van der Waals surface area (Å²) >= 11 is 1.67. The lowest BCUT2D eigenvalue weighted by Crippen LogP contribution is -2.25. The van der Waals surface area contributed by atoms with E-state index in [4.69, 9.17) is 0 Å². The summed E-state index contributed by atoms with van der Waals surface area (Å²) in [6, 6.07) is 19.6. The molecule has 1 saturated heterocycles. The third-order valence-electron chi connectivity index (χ3n) is 5.45. The summed E-state index contributed by atoms with van der Waals surface area (Å²) in [5.74, 6) is 1.79.